The van der Waals surface area contributed by atoms with Crippen LogP contribution in [0.3, 0.4) is 0 Å². The quantitative estimate of drug-likeness (QED) is 0.252. The van der Waals surface area contributed by atoms with Gasteiger partial charge in [-0.25, -0.2) is 0 Å². The van der Waals surface area contributed by atoms with E-state index in [1.165, 1.54) is 0 Å². The van der Waals surface area contributed by atoms with Gasteiger partial charge < -0.3 is 26.8 Å². The Morgan fingerprint density at radius 2 is 1.50 bits per heavy atom. The fraction of sp³-hybridized carbons (Fsp3) is 0.750. The second-order valence-electron chi connectivity index (χ2n) is 6.82. The lowest BCUT2D eigenvalue weighted by Gasteiger charge is -2.25. The van der Waals surface area contributed by atoms with Gasteiger partial charge in [-0.2, -0.15) is 12.6 Å². The molecule has 150 valence electrons. The van der Waals surface area contributed by atoms with Gasteiger partial charge in [0.2, 0.25) is 17.7 Å². The van der Waals surface area contributed by atoms with Crippen LogP contribution in [0.25, 0.3) is 0 Å². The first kappa shape index (κ1) is 24.2. The fourth-order valence-electron chi connectivity index (χ4n) is 2.03. The van der Waals surface area contributed by atoms with E-state index in [0.717, 1.165) is 0 Å². The molecule has 26 heavy (non-hydrogen) atoms. The second kappa shape index (κ2) is 11.7. The van der Waals surface area contributed by atoms with Crippen molar-refractivity contribution in [1.29, 1.82) is 0 Å². The Morgan fingerprint density at radius 3 is 1.92 bits per heavy atom. The number of nitrogens with one attached hydrogen (secondary N) is 3. The molecule has 10 heteroatoms. The lowest BCUT2D eigenvalue weighted by atomic mass is 10.0. The van der Waals surface area contributed by atoms with Crippen LogP contribution in [0.1, 0.15) is 34.1 Å². The molecule has 0 aliphatic heterocycles. The van der Waals surface area contributed by atoms with Crippen LogP contribution in [0.2, 0.25) is 0 Å². The van der Waals surface area contributed by atoms with E-state index in [-0.39, 0.29) is 17.6 Å². The number of carbonyl (C=O) groups is 4. The molecule has 0 aromatic heterocycles. The minimum absolute atomic E-state index is 0.0228. The summed E-state index contributed by atoms with van der Waals surface area (Å²) in [5, 5.41) is 15.9. The van der Waals surface area contributed by atoms with Crippen LogP contribution in [0, 0.1) is 11.8 Å². The highest BCUT2D eigenvalue weighted by Crippen LogP contribution is 2.07. The predicted octanol–water partition coefficient (Wildman–Crippen LogP) is -0.884. The third-order valence-corrected chi connectivity index (χ3v) is 3.96. The first-order valence-corrected chi connectivity index (χ1v) is 9.09. The highest BCUT2D eigenvalue weighted by molar-refractivity contribution is 7.80. The molecule has 0 fully saturated rings. The minimum atomic E-state index is -1.20. The topological polar surface area (TPSA) is 151 Å². The van der Waals surface area contributed by atoms with Crippen molar-refractivity contribution >= 4 is 36.3 Å². The molecule has 0 spiro atoms. The summed E-state index contributed by atoms with van der Waals surface area (Å²) in [6.45, 7) is 6.82. The standard InChI is InChI=1S/C16H30N4O5S/c1-8(2)5-10(19-16(25)13(17)9(3)4)15(24)20-11(7-26)14(23)18-6-12(21)22/h8-11,13,26H,5-7,17H2,1-4H3,(H,18,23)(H,19,25)(H,20,24)(H,21,22). The predicted molar refractivity (Wildman–Crippen MR) is 101 cm³/mol. The molecule has 9 nitrogen and oxygen atoms in total. The average molecular weight is 391 g/mol. The van der Waals surface area contributed by atoms with E-state index in [1.807, 2.05) is 13.8 Å². The van der Waals surface area contributed by atoms with Crippen LogP contribution >= 0.6 is 12.6 Å². The number of amides is 3. The zero-order chi connectivity index (χ0) is 20.4. The van der Waals surface area contributed by atoms with Crippen molar-refractivity contribution in [2.45, 2.75) is 52.2 Å². The molecule has 6 N–H and O–H groups in total. The molecule has 0 aromatic carbocycles. The Kier molecular flexibility index (Phi) is 10.9. The van der Waals surface area contributed by atoms with Crippen molar-refractivity contribution in [3.8, 4) is 0 Å². The molecule has 0 rings (SSSR count). The van der Waals surface area contributed by atoms with Gasteiger partial charge in [-0.15, -0.1) is 0 Å². The van der Waals surface area contributed by atoms with E-state index < -0.39 is 48.4 Å². The molecule has 3 amide bonds. The maximum absolute atomic E-state index is 12.5. The zero-order valence-corrected chi connectivity index (χ0v) is 16.5. The Bertz CT molecular complexity index is 513. The molecule has 0 aliphatic carbocycles. The van der Waals surface area contributed by atoms with Gasteiger partial charge in [0, 0.05) is 5.75 Å². The summed E-state index contributed by atoms with van der Waals surface area (Å²) in [7, 11) is 0. The first-order chi connectivity index (χ1) is 12.0. The summed E-state index contributed by atoms with van der Waals surface area (Å²) in [6, 6.07) is -2.63. The lowest BCUT2D eigenvalue weighted by Crippen LogP contribution is -2.57. The molecular weight excluding hydrogens is 360 g/mol. The summed E-state index contributed by atoms with van der Waals surface area (Å²) in [5.74, 6) is -2.86. The number of carboxylic acids is 1. The molecule has 0 aromatic rings. The number of carboxylic acid groups (broad SMARTS) is 1. The molecule has 0 radical (unpaired) electrons. The summed E-state index contributed by atoms with van der Waals surface area (Å²) < 4.78 is 0. The molecule has 0 heterocycles. The van der Waals surface area contributed by atoms with Crippen LogP contribution in [0.15, 0.2) is 0 Å². The number of nitrogens with two attached hydrogens (primary N) is 1. The Balaban J connectivity index is 5.02. The number of thiol groups is 1. The van der Waals surface area contributed by atoms with Gasteiger partial charge in [0.25, 0.3) is 0 Å². The summed E-state index contributed by atoms with van der Waals surface area (Å²) in [6.07, 6.45) is 0.360. The number of aliphatic carboxylic acids is 1. The summed E-state index contributed by atoms with van der Waals surface area (Å²) >= 11 is 4.01. The third-order valence-electron chi connectivity index (χ3n) is 3.59. The van der Waals surface area contributed by atoms with Crippen LogP contribution in [0.5, 0.6) is 0 Å². The van der Waals surface area contributed by atoms with Crippen molar-refractivity contribution in [3.63, 3.8) is 0 Å². The van der Waals surface area contributed by atoms with Crippen LogP contribution < -0.4 is 21.7 Å². The van der Waals surface area contributed by atoms with E-state index in [2.05, 4.69) is 28.6 Å². The van der Waals surface area contributed by atoms with Gasteiger partial charge in [0.05, 0.1) is 6.04 Å². The van der Waals surface area contributed by atoms with Gasteiger partial charge in [-0.3, -0.25) is 19.2 Å². The largest absolute Gasteiger partial charge is 0.480 e. The van der Waals surface area contributed by atoms with Crippen LogP contribution in [-0.2, 0) is 19.2 Å². The molecular formula is C16H30N4O5S. The van der Waals surface area contributed by atoms with Gasteiger partial charge in [-0.05, 0) is 18.3 Å². The molecule has 0 aliphatic rings. The van der Waals surface area contributed by atoms with E-state index >= 15 is 0 Å². The Labute approximate surface area is 159 Å². The molecule has 0 saturated heterocycles. The molecule has 3 atom stereocenters. The second-order valence-corrected chi connectivity index (χ2v) is 7.18. The fourth-order valence-corrected chi connectivity index (χ4v) is 2.28. The zero-order valence-electron chi connectivity index (χ0n) is 15.6. The van der Waals surface area contributed by atoms with Crippen molar-refractivity contribution in [3.05, 3.63) is 0 Å². The van der Waals surface area contributed by atoms with Crippen LogP contribution in [-0.4, -0.2) is 59.2 Å². The van der Waals surface area contributed by atoms with E-state index in [1.54, 1.807) is 13.8 Å². The number of rotatable bonds is 11. The van der Waals surface area contributed by atoms with Crippen molar-refractivity contribution in [2.24, 2.45) is 17.6 Å². The first-order valence-electron chi connectivity index (χ1n) is 8.46. The van der Waals surface area contributed by atoms with E-state index in [4.69, 9.17) is 10.8 Å². The van der Waals surface area contributed by atoms with Gasteiger partial charge in [0.15, 0.2) is 0 Å². The van der Waals surface area contributed by atoms with Crippen LogP contribution in [0.4, 0.5) is 0 Å². The SMILES string of the molecule is CC(C)CC(NC(=O)C(N)C(C)C)C(=O)NC(CS)C(=O)NCC(=O)O. The van der Waals surface area contributed by atoms with E-state index in [0.29, 0.717) is 6.42 Å². The third kappa shape index (κ3) is 9.04. The Morgan fingerprint density at radius 1 is 0.962 bits per heavy atom. The van der Waals surface area contributed by atoms with Gasteiger partial charge >= 0.3 is 5.97 Å². The maximum atomic E-state index is 12.5. The highest BCUT2D eigenvalue weighted by atomic mass is 32.1. The molecule has 0 saturated carbocycles. The maximum Gasteiger partial charge on any atom is 0.322 e. The van der Waals surface area contributed by atoms with Crippen molar-refractivity contribution < 1.29 is 24.3 Å². The summed E-state index contributed by atoms with van der Waals surface area (Å²) in [5.41, 5.74) is 5.81. The average Bonchev–Trinajstić information content (AvgIpc) is 2.55. The lowest BCUT2D eigenvalue weighted by molar-refractivity contribution is -0.138. The highest BCUT2D eigenvalue weighted by Gasteiger charge is 2.28. The summed E-state index contributed by atoms with van der Waals surface area (Å²) in [4.78, 5) is 47.2. The minimum Gasteiger partial charge on any atom is -0.480 e. The Hall–Kier alpha value is -1.81. The molecule has 0 bridgehead atoms. The normalized spacial score (nSPS) is 14.5. The smallest absolute Gasteiger partial charge is 0.322 e. The number of carbonyl (C=O) groups excluding carboxylic acids is 3. The number of hydrogen-bond acceptors (Lipinski definition) is 6. The van der Waals surface area contributed by atoms with Crippen molar-refractivity contribution in [2.75, 3.05) is 12.3 Å². The van der Waals surface area contributed by atoms with E-state index in [9.17, 15) is 19.2 Å². The van der Waals surface area contributed by atoms with Crippen molar-refractivity contribution in [1.82, 2.24) is 16.0 Å². The molecule has 3 unspecified atom stereocenters. The monoisotopic (exact) mass is 390 g/mol. The van der Waals surface area contributed by atoms with Gasteiger partial charge in [0.1, 0.15) is 18.6 Å². The number of hydrogen-bond donors (Lipinski definition) is 6. The van der Waals surface area contributed by atoms with Gasteiger partial charge in [-0.1, -0.05) is 27.7 Å².